The summed E-state index contributed by atoms with van der Waals surface area (Å²) in [5.74, 6) is -0.464. The largest absolute Gasteiger partial charge is 0.326 e. The number of rotatable bonds is 4. The number of fused-ring (bicyclic) bond motifs is 1. The summed E-state index contributed by atoms with van der Waals surface area (Å²) in [6, 6.07) is 14.9. The first-order valence-electron chi connectivity index (χ1n) is 10.1. The first kappa shape index (κ1) is 20.2. The minimum Gasteiger partial charge on any atom is -0.326 e. The van der Waals surface area contributed by atoms with Gasteiger partial charge in [0.1, 0.15) is 0 Å². The summed E-state index contributed by atoms with van der Waals surface area (Å²) >= 11 is 6.32. The number of para-hydroxylation sites is 1. The van der Waals surface area contributed by atoms with Gasteiger partial charge in [-0.05, 0) is 56.0 Å². The third-order valence-corrected chi connectivity index (χ3v) is 5.50. The summed E-state index contributed by atoms with van der Waals surface area (Å²) in [6.45, 7) is 1.43. The number of nitrogens with one attached hydrogen (secondary N) is 2. The Morgan fingerprint density at radius 3 is 2.50 bits per heavy atom. The molecule has 0 aliphatic heterocycles. The lowest BCUT2D eigenvalue weighted by molar-refractivity contribution is -0.114. The molecule has 4 rings (SSSR count). The van der Waals surface area contributed by atoms with Crippen molar-refractivity contribution in [1.29, 1.82) is 0 Å². The first-order valence-corrected chi connectivity index (χ1v) is 10.5. The molecule has 3 aromatic rings. The van der Waals surface area contributed by atoms with Crippen LogP contribution in [0, 0.1) is 0 Å². The summed E-state index contributed by atoms with van der Waals surface area (Å²) < 4.78 is 1.90. The van der Waals surface area contributed by atoms with Crippen molar-refractivity contribution in [2.45, 2.75) is 39.0 Å². The zero-order chi connectivity index (χ0) is 21.1. The molecule has 0 saturated carbocycles. The topological polar surface area (TPSA) is 76.0 Å². The van der Waals surface area contributed by atoms with Crippen molar-refractivity contribution in [2.75, 3.05) is 10.6 Å². The van der Waals surface area contributed by atoms with Gasteiger partial charge in [0, 0.05) is 23.9 Å². The third-order valence-electron chi connectivity index (χ3n) is 5.18. The Hall–Kier alpha value is -3.12. The second-order valence-electron chi connectivity index (χ2n) is 7.41. The molecule has 6 nitrogen and oxygen atoms in total. The van der Waals surface area contributed by atoms with Gasteiger partial charge in [-0.15, -0.1) is 0 Å². The van der Waals surface area contributed by atoms with Gasteiger partial charge in [0.15, 0.2) is 5.69 Å². The Morgan fingerprint density at radius 1 is 1.00 bits per heavy atom. The van der Waals surface area contributed by atoms with Crippen molar-refractivity contribution >= 4 is 34.8 Å². The van der Waals surface area contributed by atoms with Crippen LogP contribution in [0.25, 0.3) is 5.69 Å². The highest BCUT2D eigenvalue weighted by Crippen LogP contribution is 2.29. The van der Waals surface area contributed by atoms with Crippen molar-refractivity contribution in [2.24, 2.45) is 0 Å². The van der Waals surface area contributed by atoms with E-state index in [1.807, 2.05) is 35.0 Å². The second-order valence-corrected chi connectivity index (χ2v) is 7.82. The highest BCUT2D eigenvalue weighted by atomic mass is 35.5. The smallest absolute Gasteiger partial charge is 0.276 e. The number of amides is 2. The zero-order valence-electron chi connectivity index (χ0n) is 16.7. The fourth-order valence-electron chi connectivity index (χ4n) is 3.82. The van der Waals surface area contributed by atoms with Gasteiger partial charge in [-0.2, -0.15) is 5.10 Å². The number of carbonyl (C=O) groups excluding carboxylic acids is 2. The van der Waals surface area contributed by atoms with E-state index in [1.54, 1.807) is 18.2 Å². The fraction of sp³-hybridized carbons (Fsp3) is 0.261. The number of aromatic nitrogens is 2. The van der Waals surface area contributed by atoms with E-state index >= 15 is 0 Å². The molecule has 0 radical (unpaired) electrons. The molecule has 0 atom stereocenters. The highest BCUT2D eigenvalue weighted by Gasteiger charge is 2.25. The van der Waals surface area contributed by atoms with E-state index in [0.717, 1.165) is 49.0 Å². The van der Waals surface area contributed by atoms with Crippen LogP contribution in [0.5, 0.6) is 0 Å². The number of nitrogens with zero attached hydrogens (tertiary/aromatic N) is 2. The van der Waals surface area contributed by atoms with Gasteiger partial charge in [-0.1, -0.05) is 36.2 Å². The van der Waals surface area contributed by atoms with Gasteiger partial charge in [0.25, 0.3) is 5.91 Å². The summed E-state index contributed by atoms with van der Waals surface area (Å²) in [4.78, 5) is 24.4. The summed E-state index contributed by atoms with van der Waals surface area (Å²) in [6.07, 6.45) is 5.00. The van der Waals surface area contributed by atoms with Crippen LogP contribution in [0.4, 0.5) is 11.4 Å². The molecular formula is C23H23ClN4O2. The van der Waals surface area contributed by atoms with E-state index in [2.05, 4.69) is 10.6 Å². The number of carbonyl (C=O) groups is 2. The monoisotopic (exact) mass is 422 g/mol. The van der Waals surface area contributed by atoms with Crippen LogP contribution in [0.15, 0.2) is 48.5 Å². The third kappa shape index (κ3) is 4.24. The molecule has 30 heavy (non-hydrogen) atoms. The molecule has 2 aromatic carbocycles. The Morgan fingerprint density at radius 2 is 1.77 bits per heavy atom. The lowest BCUT2D eigenvalue weighted by atomic mass is 10.1. The lowest BCUT2D eigenvalue weighted by Gasteiger charge is -2.09. The maximum atomic E-state index is 13.1. The molecule has 0 spiro atoms. The van der Waals surface area contributed by atoms with Crippen LogP contribution in [-0.2, 0) is 17.6 Å². The van der Waals surface area contributed by atoms with Crippen LogP contribution in [0.2, 0.25) is 5.02 Å². The van der Waals surface area contributed by atoms with E-state index in [4.69, 9.17) is 16.7 Å². The summed E-state index contributed by atoms with van der Waals surface area (Å²) in [5.41, 5.74) is 4.57. The minimum absolute atomic E-state index is 0.183. The van der Waals surface area contributed by atoms with Gasteiger partial charge in [-0.25, -0.2) is 4.68 Å². The summed E-state index contributed by atoms with van der Waals surface area (Å²) in [5, 5.41) is 10.6. The van der Waals surface area contributed by atoms with Crippen LogP contribution >= 0.6 is 11.6 Å². The highest BCUT2D eigenvalue weighted by molar-refractivity contribution is 6.34. The second kappa shape index (κ2) is 8.71. The Bertz CT molecular complexity index is 1090. The van der Waals surface area contributed by atoms with Crippen LogP contribution < -0.4 is 10.6 Å². The van der Waals surface area contributed by atoms with E-state index in [1.165, 1.54) is 6.92 Å². The molecule has 0 unspecified atom stereocenters. The van der Waals surface area contributed by atoms with Crippen molar-refractivity contribution < 1.29 is 9.59 Å². The Kier molecular flexibility index (Phi) is 5.86. The van der Waals surface area contributed by atoms with E-state index < -0.39 is 0 Å². The molecule has 7 heteroatoms. The van der Waals surface area contributed by atoms with Gasteiger partial charge < -0.3 is 10.6 Å². The van der Waals surface area contributed by atoms with E-state index in [0.29, 0.717) is 22.1 Å². The molecule has 0 saturated heterocycles. The Balaban J connectivity index is 1.66. The number of hydrogen-bond donors (Lipinski definition) is 2. The molecular weight excluding hydrogens is 400 g/mol. The van der Waals surface area contributed by atoms with Crippen LogP contribution in [-0.4, -0.2) is 21.6 Å². The predicted molar refractivity (Wildman–Crippen MR) is 119 cm³/mol. The molecule has 1 aliphatic rings. The van der Waals surface area contributed by atoms with Crippen molar-refractivity contribution in [3.8, 4) is 5.69 Å². The molecule has 0 fully saturated rings. The van der Waals surface area contributed by atoms with Gasteiger partial charge >= 0.3 is 0 Å². The standard InChI is InChI=1S/C23H23ClN4O2/c1-15(29)25-16-12-13-20(19(24)14-16)26-23(30)22-18-10-6-3-7-11-21(18)28(27-22)17-8-4-2-5-9-17/h2,4-5,8-9,12-14H,3,6-7,10-11H2,1H3,(H,25,29)(H,26,30). The molecule has 2 N–H and O–H groups in total. The average Bonchev–Trinajstić information content (AvgIpc) is 2.91. The van der Waals surface area contributed by atoms with E-state index in [-0.39, 0.29) is 11.8 Å². The number of hydrogen-bond acceptors (Lipinski definition) is 3. The molecule has 1 aliphatic carbocycles. The number of anilines is 2. The van der Waals surface area contributed by atoms with Crippen LogP contribution in [0.1, 0.15) is 47.9 Å². The quantitative estimate of drug-likeness (QED) is 0.580. The lowest BCUT2D eigenvalue weighted by Crippen LogP contribution is -2.15. The molecule has 2 amide bonds. The molecule has 154 valence electrons. The van der Waals surface area contributed by atoms with Crippen LogP contribution in [0.3, 0.4) is 0 Å². The van der Waals surface area contributed by atoms with Crippen molar-refractivity contribution in [1.82, 2.24) is 9.78 Å². The van der Waals surface area contributed by atoms with Gasteiger partial charge in [0.2, 0.25) is 5.91 Å². The van der Waals surface area contributed by atoms with Gasteiger partial charge in [0.05, 0.1) is 16.4 Å². The zero-order valence-corrected chi connectivity index (χ0v) is 17.5. The minimum atomic E-state index is -0.281. The predicted octanol–water partition coefficient (Wildman–Crippen LogP) is 5.01. The fourth-order valence-corrected chi connectivity index (χ4v) is 4.05. The Labute approximate surface area is 180 Å². The number of halogens is 1. The molecule has 0 bridgehead atoms. The van der Waals surface area contributed by atoms with Gasteiger partial charge in [-0.3, -0.25) is 9.59 Å². The normalized spacial score (nSPS) is 13.3. The number of benzene rings is 2. The first-order chi connectivity index (χ1) is 14.5. The molecule has 1 heterocycles. The maximum Gasteiger partial charge on any atom is 0.276 e. The summed E-state index contributed by atoms with van der Waals surface area (Å²) in [7, 11) is 0. The van der Waals surface area contributed by atoms with Crippen molar-refractivity contribution in [3.05, 3.63) is 70.5 Å². The van der Waals surface area contributed by atoms with E-state index in [9.17, 15) is 9.59 Å². The molecule has 1 aromatic heterocycles. The SMILES string of the molecule is CC(=O)Nc1ccc(NC(=O)c2nn(-c3ccccc3)c3c2CCCCC3)c(Cl)c1. The van der Waals surface area contributed by atoms with Crippen molar-refractivity contribution in [3.63, 3.8) is 0 Å². The average molecular weight is 423 g/mol. The maximum absolute atomic E-state index is 13.1.